The average molecular weight is 432 g/mol. The van der Waals surface area contributed by atoms with Crippen LogP contribution in [0.4, 0.5) is 11.4 Å². The van der Waals surface area contributed by atoms with Crippen LogP contribution in [-0.4, -0.2) is 36.6 Å². The molecule has 2 aromatic carbocycles. The number of ether oxygens (including phenoxy) is 1. The standard InChI is InChI=1S/C26H29N3O3/c30-25(27-19-9-11-20(12-10-19)29-14-4-1-5-15-29)17-32-26(31)18-8-13-24-22(16-18)21-6-2-3-7-23(21)28-24/h8-13,16,28H,1-7,14-15,17H2,(H,27,30). The molecule has 0 saturated carbocycles. The molecule has 1 amide bonds. The van der Waals surface area contributed by atoms with Gasteiger partial charge >= 0.3 is 5.97 Å². The predicted molar refractivity (Wildman–Crippen MR) is 126 cm³/mol. The Morgan fingerprint density at radius 3 is 2.53 bits per heavy atom. The van der Waals surface area contributed by atoms with Crippen LogP contribution in [-0.2, 0) is 22.4 Å². The Hall–Kier alpha value is -3.28. The third kappa shape index (κ3) is 4.35. The fourth-order valence-corrected chi connectivity index (χ4v) is 4.85. The summed E-state index contributed by atoms with van der Waals surface area (Å²) in [4.78, 5) is 30.7. The van der Waals surface area contributed by atoms with Gasteiger partial charge in [-0.1, -0.05) is 0 Å². The van der Waals surface area contributed by atoms with E-state index in [-0.39, 0.29) is 12.5 Å². The van der Waals surface area contributed by atoms with Gasteiger partial charge in [-0.2, -0.15) is 0 Å². The minimum absolute atomic E-state index is 0.310. The zero-order chi connectivity index (χ0) is 21.9. The van der Waals surface area contributed by atoms with Crippen LogP contribution in [0.15, 0.2) is 42.5 Å². The summed E-state index contributed by atoms with van der Waals surface area (Å²) in [6.45, 7) is 1.86. The number of anilines is 2. The molecule has 0 spiro atoms. The largest absolute Gasteiger partial charge is 0.452 e. The second-order valence-corrected chi connectivity index (χ2v) is 8.77. The number of H-pyrrole nitrogens is 1. The van der Waals surface area contributed by atoms with E-state index in [0.29, 0.717) is 11.3 Å². The molecule has 1 saturated heterocycles. The Labute approximate surface area is 187 Å². The lowest BCUT2D eigenvalue weighted by molar-refractivity contribution is -0.119. The molecule has 2 heterocycles. The lowest BCUT2D eigenvalue weighted by atomic mass is 9.95. The third-order valence-electron chi connectivity index (χ3n) is 6.54. The number of aryl methyl sites for hydroxylation is 2. The van der Waals surface area contributed by atoms with Gasteiger partial charge in [-0.05, 0) is 93.0 Å². The van der Waals surface area contributed by atoms with Crippen molar-refractivity contribution in [2.45, 2.75) is 44.9 Å². The van der Waals surface area contributed by atoms with Crippen molar-refractivity contribution in [3.8, 4) is 0 Å². The molecule has 3 aromatic rings. The van der Waals surface area contributed by atoms with E-state index >= 15 is 0 Å². The SMILES string of the molecule is O=C(COC(=O)c1ccc2[nH]c3c(c2c1)CCCC3)Nc1ccc(N2CCCCC2)cc1. The Morgan fingerprint density at radius 2 is 1.72 bits per heavy atom. The van der Waals surface area contributed by atoms with Crippen molar-refractivity contribution in [1.29, 1.82) is 0 Å². The van der Waals surface area contributed by atoms with Crippen molar-refractivity contribution in [2.24, 2.45) is 0 Å². The van der Waals surface area contributed by atoms with E-state index in [2.05, 4.69) is 15.2 Å². The van der Waals surface area contributed by atoms with Gasteiger partial charge in [-0.3, -0.25) is 4.79 Å². The van der Waals surface area contributed by atoms with Crippen LogP contribution >= 0.6 is 0 Å². The molecular formula is C26H29N3O3. The smallest absolute Gasteiger partial charge is 0.338 e. The Kier molecular flexibility index (Phi) is 5.84. The van der Waals surface area contributed by atoms with E-state index in [1.807, 2.05) is 36.4 Å². The normalized spacial score (nSPS) is 15.9. The fraction of sp³-hybridized carbons (Fsp3) is 0.385. The highest BCUT2D eigenvalue weighted by Crippen LogP contribution is 2.30. The van der Waals surface area contributed by atoms with Gasteiger partial charge in [0.1, 0.15) is 0 Å². The van der Waals surface area contributed by atoms with Crippen LogP contribution in [0.3, 0.4) is 0 Å². The summed E-state index contributed by atoms with van der Waals surface area (Å²) in [6, 6.07) is 13.4. The number of aromatic amines is 1. The molecule has 6 heteroatoms. The number of carbonyl (C=O) groups is 2. The lowest BCUT2D eigenvalue weighted by Crippen LogP contribution is -2.29. The summed E-state index contributed by atoms with van der Waals surface area (Å²) < 4.78 is 5.28. The second-order valence-electron chi connectivity index (χ2n) is 8.77. The maximum absolute atomic E-state index is 12.5. The number of hydrogen-bond donors (Lipinski definition) is 2. The van der Waals surface area contributed by atoms with Crippen LogP contribution in [0.5, 0.6) is 0 Å². The molecule has 5 rings (SSSR count). The van der Waals surface area contributed by atoms with E-state index in [1.165, 1.54) is 49.0 Å². The number of rotatable bonds is 5. The Bertz CT molecular complexity index is 1130. The van der Waals surface area contributed by atoms with Gasteiger partial charge < -0.3 is 19.9 Å². The topological polar surface area (TPSA) is 74.4 Å². The van der Waals surface area contributed by atoms with Gasteiger partial charge in [0.25, 0.3) is 5.91 Å². The molecule has 6 nitrogen and oxygen atoms in total. The molecule has 0 unspecified atom stereocenters. The number of benzene rings is 2. The number of esters is 1. The number of aromatic nitrogens is 1. The molecule has 32 heavy (non-hydrogen) atoms. The number of amides is 1. The zero-order valence-electron chi connectivity index (χ0n) is 18.3. The molecule has 1 aromatic heterocycles. The minimum atomic E-state index is -0.478. The summed E-state index contributed by atoms with van der Waals surface area (Å²) >= 11 is 0. The summed E-state index contributed by atoms with van der Waals surface area (Å²) in [6.07, 6.45) is 8.21. The molecule has 2 N–H and O–H groups in total. The number of fused-ring (bicyclic) bond motifs is 3. The highest BCUT2D eigenvalue weighted by molar-refractivity contribution is 5.98. The van der Waals surface area contributed by atoms with Gasteiger partial charge in [0, 0.05) is 41.1 Å². The minimum Gasteiger partial charge on any atom is -0.452 e. The molecule has 0 bridgehead atoms. The quantitative estimate of drug-likeness (QED) is 0.568. The van der Waals surface area contributed by atoms with Crippen molar-refractivity contribution in [3.63, 3.8) is 0 Å². The highest BCUT2D eigenvalue weighted by Gasteiger charge is 2.18. The van der Waals surface area contributed by atoms with Gasteiger partial charge in [0.05, 0.1) is 5.56 Å². The molecular weight excluding hydrogens is 402 g/mol. The monoisotopic (exact) mass is 431 g/mol. The van der Waals surface area contributed by atoms with Crippen LogP contribution in [0.1, 0.15) is 53.7 Å². The van der Waals surface area contributed by atoms with Crippen molar-refractivity contribution < 1.29 is 14.3 Å². The van der Waals surface area contributed by atoms with E-state index in [0.717, 1.165) is 36.8 Å². The molecule has 2 aliphatic rings. The number of nitrogens with zero attached hydrogens (tertiary/aromatic N) is 1. The zero-order valence-corrected chi connectivity index (χ0v) is 18.3. The summed E-state index contributed by atoms with van der Waals surface area (Å²) in [5, 5.41) is 3.90. The first-order valence-corrected chi connectivity index (χ1v) is 11.6. The molecule has 166 valence electrons. The van der Waals surface area contributed by atoms with Crippen molar-refractivity contribution in [1.82, 2.24) is 4.98 Å². The first-order valence-electron chi connectivity index (χ1n) is 11.6. The first kappa shape index (κ1) is 20.6. The highest BCUT2D eigenvalue weighted by atomic mass is 16.5. The third-order valence-corrected chi connectivity index (χ3v) is 6.54. The number of piperidine rings is 1. The molecule has 1 fully saturated rings. The van der Waals surface area contributed by atoms with Crippen LogP contribution in [0.25, 0.3) is 10.9 Å². The molecule has 1 aliphatic carbocycles. The van der Waals surface area contributed by atoms with Crippen molar-refractivity contribution >= 4 is 34.2 Å². The summed E-state index contributed by atoms with van der Waals surface area (Å²) in [7, 11) is 0. The first-order chi connectivity index (χ1) is 15.7. The van der Waals surface area contributed by atoms with Crippen molar-refractivity contribution in [2.75, 3.05) is 29.9 Å². The van der Waals surface area contributed by atoms with Crippen molar-refractivity contribution in [3.05, 3.63) is 59.3 Å². The summed E-state index contributed by atoms with van der Waals surface area (Å²) in [5.41, 5.74) is 6.00. The fourth-order valence-electron chi connectivity index (χ4n) is 4.85. The molecule has 1 aliphatic heterocycles. The number of hydrogen-bond acceptors (Lipinski definition) is 4. The lowest BCUT2D eigenvalue weighted by Gasteiger charge is -2.28. The molecule has 0 radical (unpaired) electrons. The van der Waals surface area contributed by atoms with E-state index in [1.54, 1.807) is 6.07 Å². The Morgan fingerprint density at radius 1 is 0.938 bits per heavy atom. The number of carbonyl (C=O) groups excluding carboxylic acids is 2. The van der Waals surface area contributed by atoms with Gasteiger partial charge in [-0.25, -0.2) is 4.79 Å². The maximum atomic E-state index is 12.5. The van der Waals surface area contributed by atoms with Crippen LogP contribution in [0, 0.1) is 0 Å². The predicted octanol–water partition coefficient (Wildman–Crippen LogP) is 4.83. The van der Waals surface area contributed by atoms with Crippen LogP contribution in [0.2, 0.25) is 0 Å². The van der Waals surface area contributed by atoms with Gasteiger partial charge in [-0.15, -0.1) is 0 Å². The van der Waals surface area contributed by atoms with Gasteiger partial charge in [0.15, 0.2) is 6.61 Å². The van der Waals surface area contributed by atoms with E-state index in [9.17, 15) is 9.59 Å². The second kappa shape index (κ2) is 9.07. The Balaban J connectivity index is 1.17. The van der Waals surface area contributed by atoms with Crippen LogP contribution < -0.4 is 10.2 Å². The molecule has 0 atom stereocenters. The summed E-state index contributed by atoms with van der Waals surface area (Å²) in [5.74, 6) is -0.822. The number of nitrogens with one attached hydrogen (secondary N) is 2. The van der Waals surface area contributed by atoms with E-state index in [4.69, 9.17) is 4.74 Å². The van der Waals surface area contributed by atoms with Gasteiger partial charge in [0.2, 0.25) is 0 Å². The maximum Gasteiger partial charge on any atom is 0.338 e. The van der Waals surface area contributed by atoms with E-state index < -0.39 is 5.97 Å². The average Bonchev–Trinajstić information content (AvgIpc) is 3.21.